The molecule has 0 aliphatic carbocycles. The quantitative estimate of drug-likeness (QED) is 0.535. The Labute approximate surface area is 186 Å². The number of para-hydroxylation sites is 1. The average molecular weight is 430 g/mol. The van der Waals surface area contributed by atoms with E-state index in [0.717, 1.165) is 37.7 Å². The lowest BCUT2D eigenvalue weighted by Crippen LogP contribution is -3.16. The second-order valence-corrected chi connectivity index (χ2v) is 8.41. The van der Waals surface area contributed by atoms with Crippen LogP contribution in [0.15, 0.2) is 48.5 Å². The molecule has 1 saturated heterocycles. The van der Waals surface area contributed by atoms with E-state index in [2.05, 4.69) is 36.9 Å². The van der Waals surface area contributed by atoms with Gasteiger partial charge in [0.2, 0.25) is 0 Å². The monoisotopic (exact) mass is 429 g/mol. The molecule has 0 aromatic heterocycles. The summed E-state index contributed by atoms with van der Waals surface area (Å²) in [5.41, 5.74) is 2.43. The molecule has 6 heteroatoms. The fourth-order valence-corrected chi connectivity index (χ4v) is 3.99. The maximum absolute atomic E-state index is 10.4. The minimum absolute atomic E-state index is 0.348. The largest absolute Gasteiger partial charge is 0.497 e. The van der Waals surface area contributed by atoms with Gasteiger partial charge < -0.3 is 29.1 Å². The van der Waals surface area contributed by atoms with Crippen LogP contribution < -0.4 is 19.3 Å². The summed E-state index contributed by atoms with van der Waals surface area (Å²) in [5, 5.41) is 10.4. The Balaban J connectivity index is 1.30. The van der Waals surface area contributed by atoms with Crippen molar-refractivity contribution in [2.24, 2.45) is 0 Å². The van der Waals surface area contributed by atoms with E-state index in [-0.39, 0.29) is 0 Å². The Morgan fingerprint density at radius 2 is 1.71 bits per heavy atom. The Bertz CT molecular complexity index is 773. The van der Waals surface area contributed by atoms with E-state index < -0.39 is 6.10 Å². The van der Waals surface area contributed by atoms with Crippen molar-refractivity contribution in [2.45, 2.75) is 25.9 Å². The van der Waals surface area contributed by atoms with Crippen molar-refractivity contribution in [3.63, 3.8) is 0 Å². The molecular weight excluding hydrogens is 392 g/mol. The third-order valence-corrected chi connectivity index (χ3v) is 5.77. The molecule has 0 amide bonds. The molecule has 3 rings (SSSR count). The number of hydrogen-bond donors (Lipinski definition) is 2. The van der Waals surface area contributed by atoms with Gasteiger partial charge in [-0.25, -0.2) is 0 Å². The zero-order valence-electron chi connectivity index (χ0n) is 19.0. The van der Waals surface area contributed by atoms with Crippen LogP contribution >= 0.6 is 0 Å². The van der Waals surface area contributed by atoms with Gasteiger partial charge in [-0.3, -0.25) is 0 Å². The van der Waals surface area contributed by atoms with Gasteiger partial charge in [0.25, 0.3) is 0 Å². The Kier molecular flexibility index (Phi) is 9.00. The Morgan fingerprint density at radius 3 is 2.39 bits per heavy atom. The second-order valence-electron chi connectivity index (χ2n) is 8.41. The number of piperazine rings is 1. The molecule has 1 aliphatic heterocycles. The van der Waals surface area contributed by atoms with Crippen LogP contribution in [0.4, 0.5) is 5.69 Å². The molecule has 170 valence electrons. The lowest BCUT2D eigenvalue weighted by atomic mass is 10.0. The topological polar surface area (TPSA) is 55.6 Å². The van der Waals surface area contributed by atoms with Crippen molar-refractivity contribution in [1.29, 1.82) is 0 Å². The van der Waals surface area contributed by atoms with E-state index >= 15 is 0 Å². The smallest absolute Gasteiger partial charge is 0.126 e. The summed E-state index contributed by atoms with van der Waals surface area (Å²) in [4.78, 5) is 3.81. The number of methoxy groups -OCH3 is 1. The zero-order valence-corrected chi connectivity index (χ0v) is 19.0. The predicted molar refractivity (Wildman–Crippen MR) is 124 cm³/mol. The van der Waals surface area contributed by atoms with E-state index in [1.807, 2.05) is 30.3 Å². The first-order chi connectivity index (χ1) is 15.1. The van der Waals surface area contributed by atoms with Gasteiger partial charge in [0.05, 0.1) is 46.5 Å². The number of anilines is 1. The van der Waals surface area contributed by atoms with Gasteiger partial charge in [-0.05, 0) is 41.8 Å². The lowest BCUT2D eigenvalue weighted by Gasteiger charge is -2.34. The maximum Gasteiger partial charge on any atom is 0.126 e. The summed E-state index contributed by atoms with van der Waals surface area (Å²) in [6, 6.07) is 16.3. The molecule has 2 aromatic rings. The molecule has 6 nitrogen and oxygen atoms in total. The number of ether oxygens (including phenoxy) is 3. The number of hydrogen-bond acceptors (Lipinski definition) is 5. The van der Waals surface area contributed by atoms with E-state index in [4.69, 9.17) is 14.2 Å². The minimum atomic E-state index is -0.453. The van der Waals surface area contributed by atoms with Crippen LogP contribution in [0.25, 0.3) is 0 Å². The van der Waals surface area contributed by atoms with Crippen LogP contribution in [-0.2, 0) is 4.74 Å². The molecular formula is C25H37N2O4+. The molecule has 0 radical (unpaired) electrons. The van der Waals surface area contributed by atoms with E-state index in [9.17, 15) is 5.11 Å². The van der Waals surface area contributed by atoms with Crippen LogP contribution in [-0.4, -0.2) is 70.9 Å². The number of nitrogens with zero attached hydrogens (tertiary/aromatic N) is 1. The zero-order chi connectivity index (χ0) is 22.1. The molecule has 1 heterocycles. The molecule has 1 fully saturated rings. The number of quaternary nitrogens is 1. The Hall–Kier alpha value is -2.28. The predicted octanol–water partition coefficient (Wildman–Crippen LogP) is 1.98. The van der Waals surface area contributed by atoms with Gasteiger partial charge in [-0.15, -0.1) is 0 Å². The molecule has 2 N–H and O–H groups in total. The third-order valence-electron chi connectivity index (χ3n) is 5.77. The molecule has 31 heavy (non-hydrogen) atoms. The van der Waals surface area contributed by atoms with Gasteiger partial charge in [0, 0.05) is 5.69 Å². The number of aliphatic hydroxyl groups excluding tert-OH is 1. The summed E-state index contributed by atoms with van der Waals surface area (Å²) in [5.74, 6) is 2.22. The van der Waals surface area contributed by atoms with Crippen LogP contribution in [0.3, 0.4) is 0 Å². The lowest BCUT2D eigenvalue weighted by molar-refractivity contribution is -0.903. The molecule has 0 saturated carbocycles. The average Bonchev–Trinajstić information content (AvgIpc) is 2.79. The van der Waals surface area contributed by atoms with Crippen LogP contribution in [0.2, 0.25) is 0 Å². The summed E-state index contributed by atoms with van der Waals surface area (Å²) in [6.07, 6.45) is -0.453. The number of benzene rings is 2. The van der Waals surface area contributed by atoms with E-state index in [1.54, 1.807) is 7.11 Å². The second kappa shape index (κ2) is 11.9. The highest BCUT2D eigenvalue weighted by molar-refractivity contribution is 5.49. The van der Waals surface area contributed by atoms with Crippen molar-refractivity contribution in [2.75, 3.05) is 64.6 Å². The van der Waals surface area contributed by atoms with Gasteiger partial charge in [0.1, 0.15) is 30.8 Å². The van der Waals surface area contributed by atoms with Gasteiger partial charge >= 0.3 is 0 Å². The van der Waals surface area contributed by atoms with E-state index in [0.29, 0.717) is 32.3 Å². The van der Waals surface area contributed by atoms with E-state index in [1.165, 1.54) is 16.2 Å². The summed E-state index contributed by atoms with van der Waals surface area (Å²) < 4.78 is 16.8. The molecule has 0 unspecified atom stereocenters. The highest BCUT2D eigenvalue weighted by atomic mass is 16.5. The maximum atomic E-state index is 10.4. The van der Waals surface area contributed by atoms with Crippen LogP contribution in [0.5, 0.6) is 11.5 Å². The highest BCUT2D eigenvalue weighted by Crippen LogP contribution is 2.25. The normalized spacial score (nSPS) is 15.8. The van der Waals surface area contributed by atoms with Crippen molar-refractivity contribution in [3.05, 3.63) is 54.1 Å². The van der Waals surface area contributed by atoms with Crippen molar-refractivity contribution in [3.8, 4) is 11.5 Å². The van der Waals surface area contributed by atoms with Crippen molar-refractivity contribution >= 4 is 5.69 Å². The summed E-state index contributed by atoms with van der Waals surface area (Å²) in [6.45, 7) is 10.3. The molecule has 0 bridgehead atoms. The fraction of sp³-hybridized carbons (Fsp3) is 0.520. The standard InChI is InChI=1S/C25H36N2O4/c1-20(2)24-6-4-5-7-25(24)31-17-16-30-19-22(28)18-26-12-14-27(15-13-26)21-8-10-23(29-3)11-9-21/h4-11,20,22,28H,12-19H2,1-3H3/p+1/t22-/m1/s1. The van der Waals surface area contributed by atoms with Gasteiger partial charge in [0.15, 0.2) is 0 Å². The Morgan fingerprint density at radius 1 is 1.00 bits per heavy atom. The highest BCUT2D eigenvalue weighted by Gasteiger charge is 2.22. The number of aliphatic hydroxyl groups is 1. The molecule has 0 spiro atoms. The number of rotatable bonds is 11. The van der Waals surface area contributed by atoms with Crippen molar-refractivity contribution in [1.82, 2.24) is 0 Å². The molecule has 1 atom stereocenters. The summed E-state index contributed by atoms with van der Waals surface area (Å²) in [7, 11) is 1.69. The van der Waals surface area contributed by atoms with Gasteiger partial charge in [-0.2, -0.15) is 0 Å². The van der Waals surface area contributed by atoms with Crippen molar-refractivity contribution < 1.29 is 24.2 Å². The summed E-state index contributed by atoms with van der Waals surface area (Å²) >= 11 is 0. The fourth-order valence-electron chi connectivity index (χ4n) is 3.99. The minimum Gasteiger partial charge on any atom is -0.497 e. The third kappa shape index (κ3) is 7.13. The SMILES string of the molecule is COc1ccc(N2CC[NH+](C[C@@H](O)COCCOc3ccccc3C(C)C)CC2)cc1. The number of nitrogens with one attached hydrogen (secondary N) is 1. The first-order valence-corrected chi connectivity index (χ1v) is 11.3. The molecule has 1 aliphatic rings. The van der Waals surface area contributed by atoms with Gasteiger partial charge in [-0.1, -0.05) is 32.0 Å². The first-order valence-electron chi connectivity index (χ1n) is 11.3. The molecule has 2 aromatic carbocycles. The van der Waals surface area contributed by atoms with Crippen LogP contribution in [0.1, 0.15) is 25.3 Å². The van der Waals surface area contributed by atoms with Crippen LogP contribution in [0, 0.1) is 0 Å². The first kappa shape index (κ1) is 23.4.